The molecule has 0 bridgehead atoms. The summed E-state index contributed by atoms with van der Waals surface area (Å²) in [4.78, 5) is 13.7. The zero-order valence-electron chi connectivity index (χ0n) is 11.2. The Hall–Kier alpha value is -1.33. The molecular formula is C14H20N2O3. The van der Waals surface area contributed by atoms with Gasteiger partial charge in [-0.3, -0.25) is 9.69 Å². The topological polar surface area (TPSA) is 54.7 Å². The molecule has 2 aliphatic rings. The Bertz CT molecular complexity index is 436. The number of piperidine rings is 1. The molecule has 0 aliphatic carbocycles. The zero-order chi connectivity index (χ0) is 13.3. The number of likely N-dealkylation sites (tertiary alicyclic amines) is 1. The maximum Gasteiger partial charge on any atom is 0.246 e. The second-order valence-corrected chi connectivity index (χ2v) is 5.55. The predicted molar refractivity (Wildman–Crippen MR) is 69.5 cm³/mol. The van der Waals surface area contributed by atoms with E-state index in [0.29, 0.717) is 0 Å². The number of furan rings is 1. The van der Waals surface area contributed by atoms with Gasteiger partial charge in [0.15, 0.2) is 0 Å². The van der Waals surface area contributed by atoms with Crippen molar-refractivity contribution >= 4 is 5.91 Å². The minimum atomic E-state index is -0.166. The predicted octanol–water partition coefficient (Wildman–Crippen LogP) is 1.15. The number of nitrogens with one attached hydrogen (secondary N) is 1. The van der Waals surface area contributed by atoms with Crippen molar-refractivity contribution in [3.8, 4) is 0 Å². The van der Waals surface area contributed by atoms with Crippen molar-refractivity contribution in [3.63, 3.8) is 0 Å². The summed E-state index contributed by atoms with van der Waals surface area (Å²) in [6, 6.07) is 2.11. The smallest absolute Gasteiger partial charge is 0.246 e. The van der Waals surface area contributed by atoms with Crippen LogP contribution in [0.2, 0.25) is 0 Å². The van der Waals surface area contributed by atoms with Crippen LogP contribution in [0.1, 0.15) is 25.3 Å². The Labute approximate surface area is 112 Å². The number of hydrogen-bond donors (Lipinski definition) is 1. The van der Waals surface area contributed by atoms with Crippen LogP contribution in [0.15, 0.2) is 23.0 Å². The third-order valence-electron chi connectivity index (χ3n) is 4.35. The van der Waals surface area contributed by atoms with Crippen LogP contribution >= 0.6 is 0 Å². The van der Waals surface area contributed by atoms with Gasteiger partial charge in [0.1, 0.15) is 6.61 Å². The lowest BCUT2D eigenvalue weighted by Crippen LogP contribution is -2.62. The molecule has 104 valence electrons. The van der Waals surface area contributed by atoms with Gasteiger partial charge in [0.05, 0.1) is 24.2 Å². The summed E-state index contributed by atoms with van der Waals surface area (Å²) in [5.74, 6) is -0.000971. The molecule has 0 aromatic carbocycles. The van der Waals surface area contributed by atoms with Crippen LogP contribution < -0.4 is 5.32 Å². The van der Waals surface area contributed by atoms with Gasteiger partial charge in [-0.05, 0) is 25.8 Å². The molecule has 1 N–H and O–H groups in total. The van der Waals surface area contributed by atoms with E-state index in [1.807, 2.05) is 13.0 Å². The molecule has 2 saturated heterocycles. The molecule has 19 heavy (non-hydrogen) atoms. The van der Waals surface area contributed by atoms with Gasteiger partial charge in [-0.15, -0.1) is 0 Å². The number of carbonyl (C=O) groups is 1. The third kappa shape index (κ3) is 2.53. The molecule has 2 fully saturated rings. The lowest BCUT2D eigenvalue weighted by atomic mass is 9.83. The molecule has 0 radical (unpaired) electrons. The highest BCUT2D eigenvalue weighted by Crippen LogP contribution is 2.32. The number of ether oxygens (including phenoxy) is 1. The standard InChI is InChI=1S/C14H20N2O3/c1-11-14(19-10-13(17)15-11)3-5-16(6-4-14)8-12-2-7-18-9-12/h2,7,9,11H,3-6,8,10H2,1H3,(H,15,17)/t11-/m1/s1. The van der Waals surface area contributed by atoms with E-state index in [1.54, 1.807) is 12.5 Å². The van der Waals surface area contributed by atoms with Gasteiger partial charge in [-0.25, -0.2) is 0 Å². The number of hydrogen-bond acceptors (Lipinski definition) is 4. The van der Waals surface area contributed by atoms with Gasteiger partial charge in [0.25, 0.3) is 0 Å². The third-order valence-corrected chi connectivity index (χ3v) is 4.35. The van der Waals surface area contributed by atoms with Crippen LogP contribution in [0, 0.1) is 0 Å². The molecule has 1 aromatic heterocycles. The number of nitrogens with zero attached hydrogens (tertiary/aromatic N) is 1. The molecule has 1 amide bonds. The second kappa shape index (κ2) is 4.98. The molecule has 3 rings (SSSR count). The van der Waals surface area contributed by atoms with Crippen LogP contribution in [-0.2, 0) is 16.1 Å². The van der Waals surface area contributed by atoms with Gasteiger partial charge >= 0.3 is 0 Å². The Morgan fingerprint density at radius 3 is 2.89 bits per heavy atom. The molecule has 1 spiro atoms. The van der Waals surface area contributed by atoms with Crippen molar-refractivity contribution in [2.24, 2.45) is 0 Å². The molecule has 0 saturated carbocycles. The molecular weight excluding hydrogens is 244 g/mol. The van der Waals surface area contributed by atoms with E-state index in [4.69, 9.17) is 9.15 Å². The Balaban J connectivity index is 1.58. The normalized spacial score (nSPS) is 27.4. The summed E-state index contributed by atoms with van der Waals surface area (Å²) < 4.78 is 11.0. The van der Waals surface area contributed by atoms with E-state index < -0.39 is 0 Å². The number of rotatable bonds is 2. The van der Waals surface area contributed by atoms with Gasteiger partial charge in [0, 0.05) is 25.2 Å². The number of morpholine rings is 1. The average molecular weight is 264 g/mol. The summed E-state index contributed by atoms with van der Waals surface area (Å²) >= 11 is 0. The average Bonchev–Trinajstić information content (AvgIpc) is 2.90. The molecule has 1 atom stereocenters. The summed E-state index contributed by atoms with van der Waals surface area (Å²) in [6.45, 7) is 5.15. The van der Waals surface area contributed by atoms with Crippen LogP contribution in [-0.4, -0.2) is 42.1 Å². The lowest BCUT2D eigenvalue weighted by Gasteiger charge is -2.47. The maximum absolute atomic E-state index is 11.3. The van der Waals surface area contributed by atoms with Crippen molar-refractivity contribution in [3.05, 3.63) is 24.2 Å². The van der Waals surface area contributed by atoms with Crippen molar-refractivity contribution in [2.45, 2.75) is 38.0 Å². The van der Waals surface area contributed by atoms with Gasteiger partial charge < -0.3 is 14.5 Å². The highest BCUT2D eigenvalue weighted by Gasteiger charge is 2.44. The first-order valence-electron chi connectivity index (χ1n) is 6.85. The Morgan fingerprint density at radius 2 is 2.26 bits per heavy atom. The summed E-state index contributed by atoms with van der Waals surface area (Å²) in [5, 5.41) is 3.00. The minimum absolute atomic E-state index is 0.000971. The first kappa shape index (κ1) is 12.7. The quantitative estimate of drug-likeness (QED) is 0.870. The summed E-state index contributed by atoms with van der Waals surface area (Å²) in [6.07, 6.45) is 5.44. The first-order valence-corrected chi connectivity index (χ1v) is 6.85. The fourth-order valence-corrected chi connectivity index (χ4v) is 3.06. The molecule has 5 nitrogen and oxygen atoms in total. The Morgan fingerprint density at radius 1 is 1.47 bits per heavy atom. The fourth-order valence-electron chi connectivity index (χ4n) is 3.06. The van der Waals surface area contributed by atoms with Crippen LogP contribution in [0.3, 0.4) is 0 Å². The second-order valence-electron chi connectivity index (χ2n) is 5.55. The van der Waals surface area contributed by atoms with Crippen molar-refractivity contribution in [1.29, 1.82) is 0 Å². The van der Waals surface area contributed by atoms with E-state index in [1.165, 1.54) is 5.56 Å². The zero-order valence-corrected chi connectivity index (χ0v) is 11.2. The van der Waals surface area contributed by atoms with Crippen LogP contribution in [0.25, 0.3) is 0 Å². The van der Waals surface area contributed by atoms with Gasteiger partial charge in [0.2, 0.25) is 5.91 Å². The van der Waals surface area contributed by atoms with Gasteiger partial charge in [-0.1, -0.05) is 0 Å². The van der Waals surface area contributed by atoms with Crippen LogP contribution in [0.5, 0.6) is 0 Å². The lowest BCUT2D eigenvalue weighted by molar-refractivity contribution is -0.159. The van der Waals surface area contributed by atoms with Crippen molar-refractivity contribution < 1.29 is 13.9 Å². The number of carbonyl (C=O) groups excluding carboxylic acids is 1. The van der Waals surface area contributed by atoms with E-state index in [2.05, 4.69) is 10.2 Å². The SMILES string of the molecule is C[C@H]1NC(=O)COC12CCN(Cc1ccoc1)CC2. The molecule has 5 heteroatoms. The van der Waals surface area contributed by atoms with E-state index >= 15 is 0 Å². The highest BCUT2D eigenvalue weighted by atomic mass is 16.5. The molecule has 3 heterocycles. The highest BCUT2D eigenvalue weighted by molar-refractivity contribution is 5.78. The largest absolute Gasteiger partial charge is 0.472 e. The number of amides is 1. The molecule has 2 aliphatic heterocycles. The van der Waals surface area contributed by atoms with E-state index in [0.717, 1.165) is 32.5 Å². The monoisotopic (exact) mass is 264 g/mol. The van der Waals surface area contributed by atoms with E-state index in [-0.39, 0.29) is 24.2 Å². The van der Waals surface area contributed by atoms with Crippen molar-refractivity contribution in [1.82, 2.24) is 10.2 Å². The van der Waals surface area contributed by atoms with Gasteiger partial charge in [-0.2, -0.15) is 0 Å². The maximum atomic E-state index is 11.3. The van der Waals surface area contributed by atoms with E-state index in [9.17, 15) is 4.79 Å². The fraction of sp³-hybridized carbons (Fsp3) is 0.643. The summed E-state index contributed by atoms with van der Waals surface area (Å²) in [5.41, 5.74) is 1.04. The molecule has 1 aromatic rings. The molecule has 0 unspecified atom stereocenters. The van der Waals surface area contributed by atoms with Crippen molar-refractivity contribution in [2.75, 3.05) is 19.7 Å². The first-order chi connectivity index (χ1) is 9.18. The minimum Gasteiger partial charge on any atom is -0.472 e. The van der Waals surface area contributed by atoms with Crippen LogP contribution in [0.4, 0.5) is 0 Å². The summed E-state index contributed by atoms with van der Waals surface area (Å²) in [7, 11) is 0. The Kier molecular flexibility index (Phi) is 3.33.